The van der Waals surface area contributed by atoms with Gasteiger partial charge in [0.15, 0.2) is 0 Å². The van der Waals surface area contributed by atoms with Crippen LogP contribution in [0.1, 0.15) is 17.8 Å². The molecule has 0 radical (unpaired) electrons. The van der Waals surface area contributed by atoms with Gasteiger partial charge in [-0.25, -0.2) is 9.37 Å². The zero-order valence-electron chi connectivity index (χ0n) is 12.1. The predicted octanol–water partition coefficient (Wildman–Crippen LogP) is 4.13. The van der Waals surface area contributed by atoms with Crippen LogP contribution in [0.2, 0.25) is 5.02 Å². The van der Waals surface area contributed by atoms with Crippen LogP contribution in [0.3, 0.4) is 0 Å². The molecule has 2 aromatic carbocycles. The quantitative estimate of drug-likeness (QED) is 0.674. The van der Waals surface area contributed by atoms with Crippen LogP contribution in [-0.2, 0) is 6.54 Å². The fraction of sp³-hybridized carbons (Fsp3) is 0.111. The summed E-state index contributed by atoms with van der Waals surface area (Å²) in [7, 11) is 0. The molecule has 5 heteroatoms. The number of rotatable bonds is 1. The molecule has 23 heavy (non-hydrogen) atoms. The molecular formula is C18H12ClFN2O. The van der Waals surface area contributed by atoms with E-state index in [1.54, 1.807) is 34.9 Å². The fourth-order valence-corrected chi connectivity index (χ4v) is 3.05. The van der Waals surface area contributed by atoms with Crippen molar-refractivity contribution in [2.24, 2.45) is 0 Å². The number of benzene rings is 2. The van der Waals surface area contributed by atoms with E-state index in [0.717, 1.165) is 17.6 Å². The lowest BCUT2D eigenvalue weighted by Gasteiger charge is -2.06. The van der Waals surface area contributed by atoms with E-state index in [1.807, 2.05) is 6.08 Å². The summed E-state index contributed by atoms with van der Waals surface area (Å²) in [6, 6.07) is 11.4. The van der Waals surface area contributed by atoms with E-state index >= 15 is 0 Å². The van der Waals surface area contributed by atoms with Crippen molar-refractivity contribution in [3.63, 3.8) is 0 Å². The lowest BCUT2D eigenvalue weighted by molar-refractivity contribution is 0.628. The smallest absolute Gasteiger partial charge is 0.261 e. The van der Waals surface area contributed by atoms with Gasteiger partial charge in [-0.15, -0.1) is 0 Å². The first-order valence-electron chi connectivity index (χ1n) is 7.28. The van der Waals surface area contributed by atoms with Crippen LogP contribution < -0.4 is 5.56 Å². The van der Waals surface area contributed by atoms with Crippen molar-refractivity contribution in [2.75, 3.05) is 0 Å². The molecule has 0 saturated heterocycles. The van der Waals surface area contributed by atoms with Crippen LogP contribution in [0.4, 0.5) is 4.39 Å². The second-order valence-corrected chi connectivity index (χ2v) is 5.96. The maximum atomic E-state index is 13.0. The molecule has 1 aromatic heterocycles. The van der Waals surface area contributed by atoms with E-state index in [4.69, 9.17) is 11.6 Å². The highest BCUT2D eigenvalue weighted by molar-refractivity contribution is 6.31. The molecule has 3 nitrogen and oxygen atoms in total. The van der Waals surface area contributed by atoms with Crippen molar-refractivity contribution in [3.05, 3.63) is 75.0 Å². The van der Waals surface area contributed by atoms with Crippen molar-refractivity contribution in [3.8, 4) is 0 Å². The minimum Gasteiger partial charge on any atom is -0.292 e. The summed E-state index contributed by atoms with van der Waals surface area (Å²) in [6.07, 6.45) is 2.67. The third kappa shape index (κ3) is 2.45. The van der Waals surface area contributed by atoms with Crippen LogP contribution in [0.15, 0.2) is 47.3 Å². The molecule has 2 heterocycles. The van der Waals surface area contributed by atoms with Crippen molar-refractivity contribution in [2.45, 2.75) is 13.0 Å². The first-order chi connectivity index (χ1) is 11.1. The maximum absolute atomic E-state index is 13.0. The molecule has 3 aromatic rings. The van der Waals surface area contributed by atoms with Crippen molar-refractivity contribution in [1.82, 2.24) is 9.55 Å². The topological polar surface area (TPSA) is 34.9 Å². The van der Waals surface area contributed by atoms with Crippen LogP contribution in [-0.4, -0.2) is 9.55 Å². The number of hydrogen-bond donors (Lipinski definition) is 0. The van der Waals surface area contributed by atoms with E-state index in [1.165, 1.54) is 12.1 Å². The summed E-state index contributed by atoms with van der Waals surface area (Å²) in [5.41, 5.74) is 2.40. The molecule has 0 saturated carbocycles. The second-order valence-electron chi connectivity index (χ2n) is 5.52. The monoisotopic (exact) mass is 326 g/mol. The number of hydrogen-bond acceptors (Lipinski definition) is 2. The summed E-state index contributed by atoms with van der Waals surface area (Å²) in [4.78, 5) is 17.2. The molecule has 0 amide bonds. The van der Waals surface area contributed by atoms with E-state index in [9.17, 15) is 9.18 Å². The molecule has 0 aliphatic carbocycles. The second kappa shape index (κ2) is 5.32. The van der Waals surface area contributed by atoms with Gasteiger partial charge in [0, 0.05) is 11.6 Å². The Balaban J connectivity index is 1.89. The molecule has 0 bridgehead atoms. The maximum Gasteiger partial charge on any atom is 0.261 e. The van der Waals surface area contributed by atoms with Gasteiger partial charge in [0.25, 0.3) is 5.56 Å². The molecule has 0 unspecified atom stereocenters. The van der Waals surface area contributed by atoms with Gasteiger partial charge in [0.1, 0.15) is 11.6 Å². The van der Waals surface area contributed by atoms with Gasteiger partial charge in [-0.2, -0.15) is 0 Å². The average Bonchev–Trinajstić information content (AvgIpc) is 2.93. The average molecular weight is 327 g/mol. The standard InChI is InChI=1S/C18H12ClFN2O/c19-13-3-6-15-16(10-13)21-17-12(7-8-22(17)18(15)23)9-11-1-4-14(20)5-2-11/h1-6,9-10H,7-8H2. The summed E-state index contributed by atoms with van der Waals surface area (Å²) in [5.74, 6) is 0.392. The first kappa shape index (κ1) is 14.2. The lowest BCUT2D eigenvalue weighted by atomic mass is 10.1. The third-order valence-electron chi connectivity index (χ3n) is 4.02. The number of aromatic nitrogens is 2. The molecule has 0 N–H and O–H groups in total. The van der Waals surface area contributed by atoms with Crippen LogP contribution in [0, 0.1) is 5.82 Å². The first-order valence-corrected chi connectivity index (χ1v) is 7.66. The molecule has 4 rings (SSSR count). The van der Waals surface area contributed by atoms with E-state index < -0.39 is 0 Å². The summed E-state index contributed by atoms with van der Waals surface area (Å²) >= 11 is 6.00. The number of allylic oxidation sites excluding steroid dienone is 1. The third-order valence-corrected chi connectivity index (χ3v) is 4.26. The van der Waals surface area contributed by atoms with Crippen LogP contribution >= 0.6 is 11.6 Å². The zero-order chi connectivity index (χ0) is 16.0. The zero-order valence-corrected chi connectivity index (χ0v) is 12.8. The Hall–Kier alpha value is -2.46. The predicted molar refractivity (Wildman–Crippen MR) is 89.9 cm³/mol. The Kier molecular flexibility index (Phi) is 3.27. The van der Waals surface area contributed by atoms with Crippen LogP contribution in [0.25, 0.3) is 22.6 Å². The van der Waals surface area contributed by atoms with Crippen molar-refractivity contribution >= 4 is 34.2 Å². The van der Waals surface area contributed by atoms with Gasteiger partial charge in [-0.05, 0) is 54.0 Å². The van der Waals surface area contributed by atoms with Gasteiger partial charge in [0.2, 0.25) is 0 Å². The molecule has 0 fully saturated rings. The Morgan fingerprint density at radius 1 is 1.17 bits per heavy atom. The number of fused-ring (bicyclic) bond motifs is 2. The molecule has 114 valence electrons. The van der Waals surface area contributed by atoms with Gasteiger partial charge in [0.05, 0.1) is 10.9 Å². The van der Waals surface area contributed by atoms with Gasteiger partial charge in [-0.3, -0.25) is 9.36 Å². The molecule has 1 aliphatic rings. The summed E-state index contributed by atoms with van der Waals surface area (Å²) in [5, 5.41) is 1.12. The van der Waals surface area contributed by atoms with E-state index in [-0.39, 0.29) is 11.4 Å². The Morgan fingerprint density at radius 2 is 1.96 bits per heavy atom. The van der Waals surface area contributed by atoms with Gasteiger partial charge in [-0.1, -0.05) is 23.7 Å². The minimum atomic E-state index is -0.269. The van der Waals surface area contributed by atoms with Gasteiger partial charge < -0.3 is 0 Å². The normalized spacial score (nSPS) is 15.3. The highest BCUT2D eigenvalue weighted by Gasteiger charge is 2.20. The highest BCUT2D eigenvalue weighted by atomic mass is 35.5. The lowest BCUT2D eigenvalue weighted by Crippen LogP contribution is -2.20. The largest absolute Gasteiger partial charge is 0.292 e. The summed E-state index contributed by atoms with van der Waals surface area (Å²) in [6.45, 7) is 0.604. The minimum absolute atomic E-state index is 0.0517. The van der Waals surface area contributed by atoms with Crippen LogP contribution in [0.5, 0.6) is 0 Å². The molecule has 0 atom stereocenters. The molecular weight excluding hydrogens is 315 g/mol. The molecule has 1 aliphatic heterocycles. The van der Waals surface area contributed by atoms with Gasteiger partial charge >= 0.3 is 0 Å². The molecule has 0 spiro atoms. The highest BCUT2D eigenvalue weighted by Crippen LogP contribution is 2.28. The Bertz CT molecular complexity index is 1010. The Labute approximate surface area is 136 Å². The number of halogens is 2. The summed E-state index contributed by atoms with van der Waals surface area (Å²) < 4.78 is 14.7. The van der Waals surface area contributed by atoms with Crippen molar-refractivity contribution in [1.29, 1.82) is 0 Å². The Morgan fingerprint density at radius 3 is 2.74 bits per heavy atom. The SMILES string of the molecule is O=c1c2ccc(Cl)cc2nc2n1CCC2=Cc1ccc(F)cc1. The van der Waals surface area contributed by atoms with E-state index in [0.29, 0.717) is 28.3 Å². The number of nitrogens with zero attached hydrogens (tertiary/aromatic N) is 2. The van der Waals surface area contributed by atoms with E-state index in [2.05, 4.69) is 4.98 Å². The fourth-order valence-electron chi connectivity index (χ4n) is 2.89. The van der Waals surface area contributed by atoms with Crippen molar-refractivity contribution < 1.29 is 4.39 Å².